The molecule has 3 rings (SSSR count). The highest BCUT2D eigenvalue weighted by atomic mass is 19.1. The average Bonchev–Trinajstić information content (AvgIpc) is 3.05. The predicted molar refractivity (Wildman–Crippen MR) is 83.0 cm³/mol. The van der Waals surface area contributed by atoms with Gasteiger partial charge in [-0.3, -0.25) is 4.79 Å². The fourth-order valence-corrected chi connectivity index (χ4v) is 2.13. The van der Waals surface area contributed by atoms with Crippen LogP contribution in [0.4, 0.5) is 18.9 Å². The van der Waals surface area contributed by atoms with E-state index in [0.717, 1.165) is 12.1 Å². The fourth-order valence-electron chi connectivity index (χ4n) is 2.13. The van der Waals surface area contributed by atoms with Crippen molar-refractivity contribution in [3.8, 4) is 11.4 Å². The first-order valence-corrected chi connectivity index (χ1v) is 7.35. The number of aryl methyl sites for hydroxylation is 1. The Balaban J connectivity index is 1.59. The molecule has 0 radical (unpaired) electrons. The number of rotatable bonds is 5. The molecule has 1 aromatic heterocycles. The number of carbonyl (C=O) groups is 1. The molecule has 25 heavy (non-hydrogen) atoms. The zero-order valence-electron chi connectivity index (χ0n) is 12.8. The molecule has 0 atom stereocenters. The van der Waals surface area contributed by atoms with Gasteiger partial charge in [0, 0.05) is 24.5 Å². The molecule has 0 aliphatic heterocycles. The number of carbonyl (C=O) groups excluding carboxylic acids is 1. The molecule has 0 saturated carbocycles. The lowest BCUT2D eigenvalue weighted by Crippen LogP contribution is -2.13. The van der Waals surface area contributed by atoms with E-state index >= 15 is 0 Å². The van der Waals surface area contributed by atoms with Crippen LogP contribution in [0.15, 0.2) is 47.0 Å². The molecule has 0 aliphatic carbocycles. The second kappa shape index (κ2) is 7.16. The minimum absolute atomic E-state index is 0.0401. The van der Waals surface area contributed by atoms with Gasteiger partial charge in [-0.15, -0.1) is 0 Å². The molecule has 0 aliphatic rings. The Bertz CT molecular complexity index is 912. The van der Waals surface area contributed by atoms with Crippen molar-refractivity contribution in [3.05, 3.63) is 65.8 Å². The maximum absolute atomic E-state index is 13.5. The lowest BCUT2D eigenvalue weighted by Gasteiger charge is -2.05. The van der Waals surface area contributed by atoms with E-state index in [1.54, 1.807) is 6.07 Å². The topological polar surface area (TPSA) is 68.0 Å². The van der Waals surface area contributed by atoms with Crippen molar-refractivity contribution in [1.82, 2.24) is 10.1 Å². The summed E-state index contributed by atoms with van der Waals surface area (Å²) in [4.78, 5) is 15.9. The van der Waals surface area contributed by atoms with E-state index in [2.05, 4.69) is 15.5 Å². The lowest BCUT2D eigenvalue weighted by atomic mass is 10.2. The molecular formula is C17H12F3N3O2. The number of aromatic nitrogens is 2. The van der Waals surface area contributed by atoms with Gasteiger partial charge in [0.2, 0.25) is 17.6 Å². The standard InChI is InChI=1S/C17H12F3N3O2/c18-11-3-1-2-10(8-11)17-22-16(25-23-17)7-6-15(24)21-14-5-4-12(19)9-13(14)20/h1-5,8-9H,6-7H2,(H,21,24). The summed E-state index contributed by atoms with van der Waals surface area (Å²) in [5.41, 5.74) is 0.338. The normalized spacial score (nSPS) is 10.7. The lowest BCUT2D eigenvalue weighted by molar-refractivity contribution is -0.116. The Labute approximate surface area is 140 Å². The minimum atomic E-state index is -0.862. The van der Waals surface area contributed by atoms with Crippen LogP contribution in [0, 0.1) is 17.5 Å². The zero-order valence-corrected chi connectivity index (χ0v) is 12.8. The van der Waals surface area contributed by atoms with Crippen molar-refractivity contribution >= 4 is 11.6 Å². The van der Waals surface area contributed by atoms with Crippen LogP contribution >= 0.6 is 0 Å². The van der Waals surface area contributed by atoms with E-state index < -0.39 is 23.4 Å². The summed E-state index contributed by atoms with van der Waals surface area (Å²) < 4.78 is 44.5. The van der Waals surface area contributed by atoms with Gasteiger partial charge in [-0.2, -0.15) is 4.98 Å². The molecule has 1 heterocycles. The first kappa shape index (κ1) is 16.7. The van der Waals surface area contributed by atoms with E-state index in [4.69, 9.17) is 4.52 Å². The Morgan fingerprint density at radius 2 is 1.88 bits per heavy atom. The van der Waals surface area contributed by atoms with Crippen molar-refractivity contribution in [3.63, 3.8) is 0 Å². The maximum Gasteiger partial charge on any atom is 0.227 e. The summed E-state index contributed by atoms with van der Waals surface area (Å²) in [6, 6.07) is 8.56. The van der Waals surface area contributed by atoms with Gasteiger partial charge >= 0.3 is 0 Å². The van der Waals surface area contributed by atoms with E-state index in [0.29, 0.717) is 11.6 Å². The van der Waals surface area contributed by atoms with Gasteiger partial charge in [-0.1, -0.05) is 17.3 Å². The molecule has 128 valence electrons. The fraction of sp³-hybridized carbons (Fsp3) is 0.118. The molecule has 1 amide bonds. The second-order valence-electron chi connectivity index (χ2n) is 5.19. The molecular weight excluding hydrogens is 335 g/mol. The molecule has 0 fully saturated rings. The quantitative estimate of drug-likeness (QED) is 0.764. The van der Waals surface area contributed by atoms with Crippen LogP contribution in [0.1, 0.15) is 12.3 Å². The molecule has 1 N–H and O–H groups in total. The van der Waals surface area contributed by atoms with Crippen molar-refractivity contribution in [2.45, 2.75) is 12.8 Å². The first-order chi connectivity index (χ1) is 12.0. The van der Waals surface area contributed by atoms with Gasteiger partial charge in [-0.25, -0.2) is 13.2 Å². The number of nitrogens with one attached hydrogen (secondary N) is 1. The van der Waals surface area contributed by atoms with Gasteiger partial charge in [0.15, 0.2) is 0 Å². The Morgan fingerprint density at radius 1 is 1.08 bits per heavy atom. The number of nitrogens with zero attached hydrogens (tertiary/aromatic N) is 2. The summed E-state index contributed by atoms with van der Waals surface area (Å²) in [6.45, 7) is 0. The summed E-state index contributed by atoms with van der Waals surface area (Å²) >= 11 is 0. The Morgan fingerprint density at radius 3 is 2.64 bits per heavy atom. The van der Waals surface area contributed by atoms with Gasteiger partial charge < -0.3 is 9.84 Å². The second-order valence-corrected chi connectivity index (χ2v) is 5.19. The SMILES string of the molecule is O=C(CCc1nc(-c2cccc(F)c2)no1)Nc1ccc(F)cc1F. The predicted octanol–water partition coefficient (Wildman–Crippen LogP) is 3.73. The van der Waals surface area contributed by atoms with Gasteiger partial charge in [0.1, 0.15) is 17.5 Å². The van der Waals surface area contributed by atoms with Crippen LogP contribution in [0.25, 0.3) is 11.4 Å². The molecule has 0 bridgehead atoms. The van der Waals surface area contributed by atoms with Crippen molar-refractivity contribution < 1.29 is 22.5 Å². The van der Waals surface area contributed by atoms with Gasteiger partial charge in [-0.05, 0) is 24.3 Å². The maximum atomic E-state index is 13.5. The monoisotopic (exact) mass is 347 g/mol. The molecule has 0 unspecified atom stereocenters. The van der Waals surface area contributed by atoms with Gasteiger partial charge in [0.05, 0.1) is 5.69 Å². The molecule has 8 heteroatoms. The third-order valence-corrected chi connectivity index (χ3v) is 3.32. The number of amides is 1. The van der Waals surface area contributed by atoms with Crippen molar-refractivity contribution in [1.29, 1.82) is 0 Å². The molecule has 5 nitrogen and oxygen atoms in total. The molecule has 2 aromatic carbocycles. The highest BCUT2D eigenvalue weighted by Gasteiger charge is 2.12. The highest BCUT2D eigenvalue weighted by Crippen LogP contribution is 2.18. The Kier molecular flexibility index (Phi) is 4.78. The van der Waals surface area contributed by atoms with Crippen molar-refractivity contribution in [2.75, 3.05) is 5.32 Å². The molecule has 0 saturated heterocycles. The number of hydrogen-bond acceptors (Lipinski definition) is 4. The summed E-state index contributed by atoms with van der Waals surface area (Å²) in [6.07, 6.45) is 0.0819. The van der Waals surface area contributed by atoms with Crippen LogP contribution in [0.3, 0.4) is 0 Å². The molecule has 0 spiro atoms. The van der Waals surface area contributed by atoms with Crippen LogP contribution in [-0.4, -0.2) is 16.0 Å². The molecule has 3 aromatic rings. The van der Waals surface area contributed by atoms with Crippen LogP contribution in [0.5, 0.6) is 0 Å². The zero-order chi connectivity index (χ0) is 17.8. The number of halogens is 3. The number of hydrogen-bond donors (Lipinski definition) is 1. The Hall–Kier alpha value is -3.16. The van der Waals surface area contributed by atoms with E-state index in [9.17, 15) is 18.0 Å². The van der Waals surface area contributed by atoms with E-state index in [-0.39, 0.29) is 30.2 Å². The number of anilines is 1. The van der Waals surface area contributed by atoms with E-state index in [1.165, 1.54) is 18.2 Å². The van der Waals surface area contributed by atoms with Crippen molar-refractivity contribution in [2.24, 2.45) is 0 Å². The minimum Gasteiger partial charge on any atom is -0.339 e. The number of benzene rings is 2. The summed E-state index contributed by atoms with van der Waals surface area (Å²) in [5, 5.41) is 6.06. The smallest absolute Gasteiger partial charge is 0.227 e. The average molecular weight is 347 g/mol. The van der Waals surface area contributed by atoms with E-state index in [1.807, 2.05) is 0 Å². The first-order valence-electron chi connectivity index (χ1n) is 7.35. The highest BCUT2D eigenvalue weighted by molar-refractivity contribution is 5.90. The third-order valence-electron chi connectivity index (χ3n) is 3.32. The van der Waals surface area contributed by atoms with Crippen LogP contribution < -0.4 is 5.32 Å². The largest absolute Gasteiger partial charge is 0.339 e. The third kappa shape index (κ3) is 4.23. The van der Waals surface area contributed by atoms with Crippen LogP contribution in [0.2, 0.25) is 0 Å². The summed E-state index contributed by atoms with van der Waals surface area (Å²) in [7, 11) is 0. The van der Waals surface area contributed by atoms with Crippen LogP contribution in [-0.2, 0) is 11.2 Å². The van der Waals surface area contributed by atoms with Gasteiger partial charge in [0.25, 0.3) is 0 Å². The summed E-state index contributed by atoms with van der Waals surface area (Å²) in [5.74, 6) is -2.11.